The standard InChI is InChI=1S/C29H30N6O3/c1-4-5-10-27-30-26-16-15-22(38-3)17-25(26)29(36)34(27)18-20-11-13-21(14-12-20)23-8-6-7-9-24(23)28-31-32-33-35(28)19-37-2/h6-9,11-17H,4-5,10,18-19H2,1-3H3. The van der Waals surface area contributed by atoms with Crippen LogP contribution in [0.15, 0.2) is 71.5 Å². The average molecular weight is 511 g/mol. The first-order valence-corrected chi connectivity index (χ1v) is 12.6. The van der Waals surface area contributed by atoms with E-state index in [9.17, 15) is 4.79 Å². The van der Waals surface area contributed by atoms with Gasteiger partial charge in [0.05, 0.1) is 24.6 Å². The van der Waals surface area contributed by atoms with Gasteiger partial charge >= 0.3 is 0 Å². The van der Waals surface area contributed by atoms with Gasteiger partial charge in [0.1, 0.15) is 18.3 Å². The molecule has 0 aliphatic carbocycles. The number of hydrogen-bond donors (Lipinski definition) is 0. The van der Waals surface area contributed by atoms with E-state index in [2.05, 4.69) is 46.7 Å². The topological polar surface area (TPSA) is 97.0 Å². The smallest absolute Gasteiger partial charge is 0.261 e. The van der Waals surface area contributed by atoms with Crippen LogP contribution >= 0.6 is 0 Å². The Morgan fingerprint density at radius 2 is 1.74 bits per heavy atom. The predicted molar refractivity (Wildman–Crippen MR) is 146 cm³/mol. The van der Waals surface area contributed by atoms with Crippen molar-refractivity contribution in [2.45, 2.75) is 39.5 Å². The van der Waals surface area contributed by atoms with Crippen molar-refractivity contribution in [1.82, 2.24) is 29.8 Å². The van der Waals surface area contributed by atoms with Gasteiger partial charge < -0.3 is 9.47 Å². The Morgan fingerprint density at radius 3 is 2.47 bits per heavy atom. The van der Waals surface area contributed by atoms with E-state index in [0.29, 0.717) is 29.0 Å². The second-order valence-electron chi connectivity index (χ2n) is 9.07. The Bertz CT molecular complexity index is 1610. The van der Waals surface area contributed by atoms with Crippen LogP contribution in [0.3, 0.4) is 0 Å². The minimum absolute atomic E-state index is 0.0561. The van der Waals surface area contributed by atoms with Crippen molar-refractivity contribution < 1.29 is 9.47 Å². The molecule has 2 heterocycles. The van der Waals surface area contributed by atoms with Gasteiger partial charge in [0.25, 0.3) is 5.56 Å². The fourth-order valence-corrected chi connectivity index (χ4v) is 4.57. The number of rotatable bonds is 10. The van der Waals surface area contributed by atoms with Gasteiger partial charge in [-0.3, -0.25) is 9.36 Å². The fraction of sp³-hybridized carbons (Fsp3) is 0.276. The van der Waals surface area contributed by atoms with Crippen LogP contribution in [0.2, 0.25) is 0 Å². The molecule has 0 radical (unpaired) electrons. The molecule has 0 bridgehead atoms. The first-order chi connectivity index (χ1) is 18.6. The number of tetrazole rings is 1. The van der Waals surface area contributed by atoms with Crippen LogP contribution in [-0.4, -0.2) is 44.0 Å². The van der Waals surface area contributed by atoms with E-state index in [1.807, 2.05) is 36.4 Å². The van der Waals surface area contributed by atoms with Gasteiger partial charge in [-0.05, 0) is 51.7 Å². The molecule has 0 saturated heterocycles. The molecule has 5 rings (SSSR count). The van der Waals surface area contributed by atoms with Crippen LogP contribution in [0.25, 0.3) is 33.4 Å². The van der Waals surface area contributed by atoms with Gasteiger partial charge in [0.2, 0.25) is 0 Å². The van der Waals surface area contributed by atoms with E-state index in [0.717, 1.165) is 47.3 Å². The Labute approximate surface area is 220 Å². The van der Waals surface area contributed by atoms with Crippen LogP contribution in [0.5, 0.6) is 5.75 Å². The van der Waals surface area contributed by atoms with Gasteiger partial charge in [0.15, 0.2) is 5.82 Å². The molecule has 0 fully saturated rings. The molecule has 0 atom stereocenters. The lowest BCUT2D eigenvalue weighted by Gasteiger charge is -2.15. The first kappa shape index (κ1) is 25.3. The van der Waals surface area contributed by atoms with Crippen LogP contribution in [0.4, 0.5) is 0 Å². The number of fused-ring (bicyclic) bond motifs is 1. The summed E-state index contributed by atoms with van der Waals surface area (Å²) in [5.41, 5.74) is 4.59. The molecular weight excluding hydrogens is 480 g/mol. The molecule has 0 amide bonds. The van der Waals surface area contributed by atoms with Crippen LogP contribution < -0.4 is 10.3 Å². The number of unbranched alkanes of at least 4 members (excludes halogenated alkanes) is 1. The highest BCUT2D eigenvalue weighted by Crippen LogP contribution is 2.31. The summed E-state index contributed by atoms with van der Waals surface area (Å²) in [5, 5.41) is 12.6. The highest BCUT2D eigenvalue weighted by molar-refractivity contribution is 5.81. The molecule has 0 unspecified atom stereocenters. The van der Waals surface area contributed by atoms with Crippen molar-refractivity contribution in [3.05, 3.63) is 88.5 Å². The summed E-state index contributed by atoms with van der Waals surface area (Å²) < 4.78 is 14.0. The number of aromatic nitrogens is 6. The highest BCUT2D eigenvalue weighted by Gasteiger charge is 2.15. The van der Waals surface area contributed by atoms with Crippen molar-refractivity contribution in [1.29, 1.82) is 0 Å². The monoisotopic (exact) mass is 510 g/mol. The maximum absolute atomic E-state index is 13.6. The maximum atomic E-state index is 13.6. The zero-order chi connectivity index (χ0) is 26.5. The number of benzene rings is 3. The molecule has 9 heteroatoms. The Balaban J connectivity index is 1.50. The average Bonchev–Trinajstić information content (AvgIpc) is 3.42. The number of ether oxygens (including phenoxy) is 2. The largest absolute Gasteiger partial charge is 0.497 e. The summed E-state index contributed by atoms with van der Waals surface area (Å²) in [6, 6.07) is 21.7. The zero-order valence-corrected chi connectivity index (χ0v) is 21.8. The maximum Gasteiger partial charge on any atom is 0.261 e. The van der Waals surface area contributed by atoms with E-state index < -0.39 is 0 Å². The van der Waals surface area contributed by atoms with Gasteiger partial charge in [0, 0.05) is 19.1 Å². The molecule has 0 saturated carbocycles. The SMILES string of the molecule is CCCCc1nc2ccc(OC)cc2c(=O)n1Cc1ccc(-c2ccccc2-c2nnnn2COC)cc1. The molecule has 0 N–H and O–H groups in total. The normalized spacial score (nSPS) is 11.2. The lowest BCUT2D eigenvalue weighted by atomic mass is 9.98. The van der Waals surface area contributed by atoms with E-state index in [4.69, 9.17) is 14.5 Å². The van der Waals surface area contributed by atoms with Crippen molar-refractivity contribution in [3.63, 3.8) is 0 Å². The summed E-state index contributed by atoms with van der Waals surface area (Å²) in [6.07, 6.45) is 2.74. The van der Waals surface area contributed by atoms with Crippen molar-refractivity contribution >= 4 is 10.9 Å². The molecule has 3 aromatic carbocycles. The zero-order valence-electron chi connectivity index (χ0n) is 21.8. The van der Waals surface area contributed by atoms with Crippen LogP contribution in [-0.2, 0) is 24.4 Å². The van der Waals surface area contributed by atoms with E-state index in [-0.39, 0.29) is 12.3 Å². The summed E-state index contributed by atoms with van der Waals surface area (Å²) >= 11 is 0. The Morgan fingerprint density at radius 1 is 0.947 bits per heavy atom. The van der Waals surface area contributed by atoms with Crippen molar-refractivity contribution in [2.24, 2.45) is 0 Å². The van der Waals surface area contributed by atoms with Crippen LogP contribution in [0, 0.1) is 0 Å². The highest BCUT2D eigenvalue weighted by atomic mass is 16.5. The third-order valence-electron chi connectivity index (χ3n) is 6.55. The fourth-order valence-electron chi connectivity index (χ4n) is 4.57. The predicted octanol–water partition coefficient (Wildman–Crippen LogP) is 4.72. The van der Waals surface area contributed by atoms with E-state index >= 15 is 0 Å². The van der Waals surface area contributed by atoms with E-state index in [1.165, 1.54) is 0 Å². The number of aryl methyl sites for hydroxylation is 1. The number of nitrogens with zero attached hydrogens (tertiary/aromatic N) is 6. The lowest BCUT2D eigenvalue weighted by Crippen LogP contribution is -2.26. The quantitative estimate of drug-likeness (QED) is 0.268. The summed E-state index contributed by atoms with van der Waals surface area (Å²) in [6.45, 7) is 2.83. The van der Waals surface area contributed by atoms with Gasteiger partial charge in [-0.15, -0.1) is 5.10 Å². The summed E-state index contributed by atoms with van der Waals surface area (Å²) in [4.78, 5) is 18.4. The summed E-state index contributed by atoms with van der Waals surface area (Å²) in [7, 11) is 3.21. The number of methoxy groups -OCH3 is 2. The van der Waals surface area contributed by atoms with Gasteiger partial charge in [-0.2, -0.15) is 4.68 Å². The minimum Gasteiger partial charge on any atom is -0.497 e. The van der Waals surface area contributed by atoms with Crippen molar-refractivity contribution in [3.8, 4) is 28.3 Å². The molecule has 2 aromatic heterocycles. The van der Waals surface area contributed by atoms with Crippen LogP contribution in [0.1, 0.15) is 31.2 Å². The van der Waals surface area contributed by atoms with Gasteiger partial charge in [-0.1, -0.05) is 61.9 Å². The third kappa shape index (κ3) is 5.05. The molecule has 9 nitrogen and oxygen atoms in total. The van der Waals surface area contributed by atoms with Crippen molar-refractivity contribution in [2.75, 3.05) is 14.2 Å². The Hall–Kier alpha value is -4.37. The second-order valence-corrected chi connectivity index (χ2v) is 9.07. The molecule has 0 aliphatic heterocycles. The third-order valence-corrected chi connectivity index (χ3v) is 6.55. The Kier molecular flexibility index (Phi) is 7.55. The molecule has 5 aromatic rings. The first-order valence-electron chi connectivity index (χ1n) is 12.6. The summed E-state index contributed by atoms with van der Waals surface area (Å²) in [5.74, 6) is 2.08. The number of hydrogen-bond acceptors (Lipinski definition) is 7. The molecule has 0 aliphatic rings. The second kappa shape index (κ2) is 11.4. The molecule has 0 spiro atoms. The molecular formula is C29H30N6O3. The van der Waals surface area contributed by atoms with E-state index in [1.54, 1.807) is 29.5 Å². The molecule has 38 heavy (non-hydrogen) atoms. The minimum atomic E-state index is -0.0561. The lowest BCUT2D eigenvalue weighted by molar-refractivity contribution is 0.120. The van der Waals surface area contributed by atoms with Gasteiger partial charge in [-0.25, -0.2) is 4.98 Å². The molecule has 194 valence electrons.